The zero-order valence-electron chi connectivity index (χ0n) is 9.83. The van der Waals surface area contributed by atoms with E-state index in [1.165, 1.54) is 4.90 Å². The highest BCUT2D eigenvalue weighted by Gasteiger charge is 2.32. The summed E-state index contributed by atoms with van der Waals surface area (Å²) < 4.78 is 10.2. The number of rotatable bonds is 4. The number of amides is 1. The van der Waals surface area contributed by atoms with Gasteiger partial charge >= 0.3 is 0 Å². The average Bonchev–Trinajstić information content (AvgIpc) is 2.64. The van der Waals surface area contributed by atoms with Gasteiger partial charge in [0.05, 0.1) is 18.8 Å². The number of hydrogen-bond acceptors (Lipinski definition) is 5. The van der Waals surface area contributed by atoms with Crippen molar-refractivity contribution in [3.8, 4) is 0 Å². The molecule has 1 amide bonds. The molecule has 0 unspecified atom stereocenters. The maximum Gasteiger partial charge on any atom is 0.297 e. The van der Waals surface area contributed by atoms with Gasteiger partial charge < -0.3 is 9.47 Å². The summed E-state index contributed by atoms with van der Waals surface area (Å²) in [6.07, 6.45) is 3.22. The molecule has 0 bridgehead atoms. The second kappa shape index (κ2) is 5.70. The largest absolute Gasteiger partial charge is 0.425 e. The summed E-state index contributed by atoms with van der Waals surface area (Å²) in [6.45, 7) is 0.791. The lowest BCUT2D eigenvalue weighted by atomic mass is 10.3. The van der Waals surface area contributed by atoms with E-state index in [1.807, 2.05) is 6.07 Å². The van der Waals surface area contributed by atoms with E-state index in [9.17, 15) is 4.79 Å². The van der Waals surface area contributed by atoms with Crippen molar-refractivity contribution in [1.29, 1.82) is 0 Å². The zero-order chi connectivity index (χ0) is 13.0. The number of thiocarbonyl (C=S) groups is 1. The second-order valence-electron chi connectivity index (χ2n) is 3.58. The van der Waals surface area contributed by atoms with Crippen molar-refractivity contribution in [3.05, 3.63) is 35.8 Å². The SMILES string of the molecule is COCCN1C(=O)C(=Cc2ccccn2)OC1=S. The number of ether oxygens (including phenoxy) is 2. The number of aromatic nitrogens is 1. The molecule has 0 N–H and O–H groups in total. The zero-order valence-corrected chi connectivity index (χ0v) is 10.6. The Hall–Kier alpha value is -1.79. The van der Waals surface area contributed by atoms with Crippen molar-refractivity contribution in [2.45, 2.75) is 0 Å². The van der Waals surface area contributed by atoms with Gasteiger partial charge in [-0.1, -0.05) is 6.07 Å². The Kier molecular flexibility index (Phi) is 4.01. The van der Waals surface area contributed by atoms with Crippen molar-refractivity contribution in [1.82, 2.24) is 9.88 Å². The summed E-state index contributed by atoms with van der Waals surface area (Å²) in [7, 11) is 1.56. The van der Waals surface area contributed by atoms with Gasteiger partial charge in [0.25, 0.3) is 11.1 Å². The smallest absolute Gasteiger partial charge is 0.297 e. The third-order valence-corrected chi connectivity index (χ3v) is 2.66. The first-order valence-corrected chi connectivity index (χ1v) is 5.78. The van der Waals surface area contributed by atoms with Crippen LogP contribution in [0.5, 0.6) is 0 Å². The molecule has 0 atom stereocenters. The molecule has 6 heteroatoms. The quantitative estimate of drug-likeness (QED) is 0.604. The predicted molar refractivity (Wildman–Crippen MR) is 69.5 cm³/mol. The summed E-state index contributed by atoms with van der Waals surface area (Å²) in [5, 5.41) is 0.152. The molecule has 0 radical (unpaired) electrons. The van der Waals surface area contributed by atoms with Crippen LogP contribution in [0.1, 0.15) is 5.69 Å². The summed E-state index contributed by atoms with van der Waals surface area (Å²) >= 11 is 4.99. The third-order valence-electron chi connectivity index (χ3n) is 2.36. The van der Waals surface area contributed by atoms with E-state index < -0.39 is 0 Å². The lowest BCUT2D eigenvalue weighted by Crippen LogP contribution is -2.31. The van der Waals surface area contributed by atoms with Crippen LogP contribution in [0.15, 0.2) is 30.2 Å². The molecule has 1 aromatic heterocycles. The highest BCUT2D eigenvalue weighted by molar-refractivity contribution is 7.80. The lowest BCUT2D eigenvalue weighted by Gasteiger charge is -2.10. The fraction of sp³-hybridized carbons (Fsp3) is 0.250. The molecule has 0 spiro atoms. The van der Waals surface area contributed by atoms with Gasteiger partial charge in [0.2, 0.25) is 0 Å². The second-order valence-corrected chi connectivity index (χ2v) is 3.93. The van der Waals surface area contributed by atoms with Crippen LogP contribution >= 0.6 is 12.2 Å². The van der Waals surface area contributed by atoms with Gasteiger partial charge in [0, 0.05) is 19.4 Å². The molecule has 0 saturated carbocycles. The van der Waals surface area contributed by atoms with Gasteiger partial charge in [-0.15, -0.1) is 0 Å². The van der Waals surface area contributed by atoms with Crippen molar-refractivity contribution >= 4 is 29.4 Å². The van der Waals surface area contributed by atoms with Gasteiger partial charge in [-0.3, -0.25) is 14.7 Å². The highest BCUT2D eigenvalue weighted by atomic mass is 32.1. The van der Waals surface area contributed by atoms with Crippen LogP contribution in [0.2, 0.25) is 0 Å². The fourth-order valence-corrected chi connectivity index (χ4v) is 1.73. The molecule has 0 aliphatic carbocycles. The lowest BCUT2D eigenvalue weighted by molar-refractivity contribution is -0.123. The molecule has 94 valence electrons. The van der Waals surface area contributed by atoms with Crippen LogP contribution in [0.3, 0.4) is 0 Å². The number of carbonyl (C=O) groups is 1. The molecule has 1 fully saturated rings. The maximum absolute atomic E-state index is 12.0. The normalized spacial score (nSPS) is 17.4. The maximum atomic E-state index is 12.0. The van der Waals surface area contributed by atoms with E-state index in [0.717, 1.165) is 0 Å². The summed E-state index contributed by atoms with van der Waals surface area (Å²) in [4.78, 5) is 17.5. The van der Waals surface area contributed by atoms with Crippen molar-refractivity contribution in [3.63, 3.8) is 0 Å². The van der Waals surface area contributed by atoms with Crippen molar-refractivity contribution < 1.29 is 14.3 Å². The summed E-state index contributed by atoms with van der Waals surface area (Å²) in [5.41, 5.74) is 0.650. The van der Waals surface area contributed by atoms with E-state index in [0.29, 0.717) is 18.8 Å². The van der Waals surface area contributed by atoms with Crippen LogP contribution in [-0.2, 0) is 14.3 Å². The Morgan fingerprint density at radius 1 is 1.56 bits per heavy atom. The Morgan fingerprint density at radius 2 is 2.39 bits per heavy atom. The monoisotopic (exact) mass is 264 g/mol. The van der Waals surface area contributed by atoms with E-state index in [1.54, 1.807) is 31.5 Å². The van der Waals surface area contributed by atoms with E-state index in [2.05, 4.69) is 4.98 Å². The molecule has 1 aliphatic rings. The first kappa shape index (κ1) is 12.7. The molecule has 1 aliphatic heterocycles. The van der Waals surface area contributed by atoms with Gasteiger partial charge in [-0.25, -0.2) is 0 Å². The minimum atomic E-state index is -0.261. The van der Waals surface area contributed by atoms with E-state index in [-0.39, 0.29) is 16.8 Å². The summed E-state index contributed by atoms with van der Waals surface area (Å²) in [5.74, 6) is -0.0718. The van der Waals surface area contributed by atoms with Crippen LogP contribution in [0.25, 0.3) is 6.08 Å². The number of carbonyl (C=O) groups excluding carboxylic acids is 1. The van der Waals surface area contributed by atoms with Gasteiger partial charge in [0.15, 0.2) is 5.76 Å². The standard InChI is InChI=1S/C12H12N2O3S/c1-16-7-6-14-11(15)10(17-12(14)18)8-9-4-2-3-5-13-9/h2-5,8H,6-7H2,1H3. The minimum Gasteiger partial charge on any atom is -0.425 e. The highest BCUT2D eigenvalue weighted by Crippen LogP contribution is 2.18. The van der Waals surface area contributed by atoms with Crippen LogP contribution < -0.4 is 0 Å². The first-order chi connectivity index (χ1) is 8.72. The van der Waals surface area contributed by atoms with Crippen LogP contribution in [-0.4, -0.2) is 41.2 Å². The molecule has 1 saturated heterocycles. The fourth-order valence-electron chi connectivity index (χ4n) is 1.47. The van der Waals surface area contributed by atoms with E-state index >= 15 is 0 Å². The molecular formula is C12H12N2O3S. The summed E-state index contributed by atoms with van der Waals surface area (Å²) in [6, 6.07) is 5.42. The number of methoxy groups -OCH3 is 1. The van der Waals surface area contributed by atoms with Gasteiger partial charge in [0.1, 0.15) is 0 Å². The Labute approximate surface area is 110 Å². The van der Waals surface area contributed by atoms with Crippen molar-refractivity contribution in [2.24, 2.45) is 0 Å². The minimum absolute atomic E-state index is 0.152. The average molecular weight is 264 g/mol. The molecule has 0 aromatic carbocycles. The molecule has 5 nitrogen and oxygen atoms in total. The van der Waals surface area contributed by atoms with Crippen LogP contribution in [0.4, 0.5) is 0 Å². The van der Waals surface area contributed by atoms with Crippen LogP contribution in [0, 0.1) is 0 Å². The molecule has 2 heterocycles. The predicted octanol–water partition coefficient (Wildman–Crippen LogP) is 1.21. The van der Waals surface area contributed by atoms with Gasteiger partial charge in [-0.05, 0) is 24.4 Å². The molecule has 18 heavy (non-hydrogen) atoms. The molecule has 1 aromatic rings. The Morgan fingerprint density at radius 3 is 3.06 bits per heavy atom. The van der Waals surface area contributed by atoms with E-state index in [4.69, 9.17) is 21.7 Å². The Bertz CT molecular complexity index is 487. The molecular weight excluding hydrogens is 252 g/mol. The third kappa shape index (κ3) is 2.72. The number of pyridine rings is 1. The number of nitrogens with zero attached hydrogens (tertiary/aromatic N) is 2. The number of hydrogen-bond donors (Lipinski definition) is 0. The Balaban J connectivity index is 2.15. The molecule has 2 rings (SSSR count). The van der Waals surface area contributed by atoms with Gasteiger partial charge in [-0.2, -0.15) is 0 Å². The topological polar surface area (TPSA) is 51.7 Å². The first-order valence-electron chi connectivity index (χ1n) is 5.37. The van der Waals surface area contributed by atoms with Crippen molar-refractivity contribution in [2.75, 3.05) is 20.3 Å².